The van der Waals surface area contributed by atoms with Gasteiger partial charge >= 0.3 is 5.97 Å². The normalized spacial score (nSPS) is 40.0. The van der Waals surface area contributed by atoms with E-state index in [9.17, 15) is 24.9 Å². The molecule has 7 rings (SSSR count). The third kappa shape index (κ3) is 4.38. The van der Waals surface area contributed by atoms with Crippen molar-refractivity contribution in [1.29, 1.82) is 0 Å². The monoisotopic (exact) mass is 649 g/mol. The van der Waals surface area contributed by atoms with Gasteiger partial charge in [0.2, 0.25) is 5.79 Å². The summed E-state index contributed by atoms with van der Waals surface area (Å²) in [6, 6.07) is 8.12. The molecule has 2 spiro atoms. The SMILES string of the molecule is C=C1C(=O)C23C(CCC1[C@H]2OC(=O)CCCc1ccc(N(CCCl)CCCl)cc1)C12COC3(O)[C@@H](O)[C@@H]1C(C)(C)CC[C@@H]2O. The van der Waals surface area contributed by atoms with Crippen LogP contribution in [0.1, 0.15) is 57.9 Å². The van der Waals surface area contributed by atoms with E-state index in [0.29, 0.717) is 68.9 Å². The average molecular weight is 651 g/mol. The molecule has 1 aromatic carbocycles. The van der Waals surface area contributed by atoms with Gasteiger partial charge in [0.1, 0.15) is 17.6 Å². The lowest BCUT2D eigenvalue weighted by molar-refractivity contribution is -0.458. The number of ether oxygens (including phenoxy) is 2. The van der Waals surface area contributed by atoms with E-state index in [2.05, 4.69) is 11.5 Å². The van der Waals surface area contributed by atoms with Crippen LogP contribution in [0.3, 0.4) is 0 Å². The Hall–Kier alpha value is -1.68. The molecule has 2 aliphatic heterocycles. The van der Waals surface area contributed by atoms with Gasteiger partial charge in [0.15, 0.2) is 5.78 Å². The molecule has 1 aromatic rings. The fraction of sp³-hybridized carbons (Fsp3) is 0.706. The summed E-state index contributed by atoms with van der Waals surface area (Å²) < 4.78 is 12.3. The lowest BCUT2D eigenvalue weighted by Crippen LogP contribution is -2.85. The molecule has 4 aliphatic carbocycles. The Kier molecular flexibility index (Phi) is 8.46. The van der Waals surface area contributed by atoms with Crippen LogP contribution in [0.2, 0.25) is 0 Å². The van der Waals surface area contributed by atoms with E-state index in [0.717, 1.165) is 11.3 Å². The number of anilines is 1. The van der Waals surface area contributed by atoms with Gasteiger partial charge in [-0.25, -0.2) is 0 Å². The van der Waals surface area contributed by atoms with E-state index in [1.165, 1.54) is 0 Å². The number of esters is 1. The molecule has 4 saturated carbocycles. The van der Waals surface area contributed by atoms with Gasteiger partial charge < -0.3 is 29.7 Å². The maximum Gasteiger partial charge on any atom is 0.306 e. The van der Waals surface area contributed by atoms with Gasteiger partial charge in [-0.15, -0.1) is 23.2 Å². The summed E-state index contributed by atoms with van der Waals surface area (Å²) in [5.74, 6) is -3.58. The maximum absolute atomic E-state index is 14.2. The van der Waals surface area contributed by atoms with Crippen LogP contribution in [0.4, 0.5) is 5.69 Å². The molecule has 2 saturated heterocycles. The van der Waals surface area contributed by atoms with Crippen LogP contribution in [0.25, 0.3) is 0 Å². The number of nitrogens with zero attached hydrogens (tertiary/aromatic N) is 1. The second-order valence-electron chi connectivity index (χ2n) is 14.3. The van der Waals surface area contributed by atoms with Crippen molar-refractivity contribution in [1.82, 2.24) is 0 Å². The van der Waals surface area contributed by atoms with Crippen molar-refractivity contribution in [2.24, 2.45) is 34.0 Å². The van der Waals surface area contributed by atoms with Crippen LogP contribution in [-0.2, 0) is 25.5 Å². The number of carbonyl (C=O) groups excluding carboxylic acids is 2. The zero-order valence-corrected chi connectivity index (χ0v) is 27.2. The molecule has 6 aliphatic rings. The summed E-state index contributed by atoms with van der Waals surface area (Å²) in [5.41, 5.74) is -0.636. The summed E-state index contributed by atoms with van der Waals surface area (Å²) in [6.07, 6.45) is 0.347. The predicted octanol–water partition coefficient (Wildman–Crippen LogP) is 4.23. The zero-order valence-electron chi connectivity index (χ0n) is 25.6. The van der Waals surface area contributed by atoms with Gasteiger partial charge in [-0.2, -0.15) is 0 Å². The van der Waals surface area contributed by atoms with Gasteiger partial charge in [0.25, 0.3) is 0 Å². The third-order valence-electron chi connectivity index (χ3n) is 12.0. The second-order valence-corrected chi connectivity index (χ2v) is 15.1. The van der Waals surface area contributed by atoms with Crippen molar-refractivity contribution in [3.8, 4) is 0 Å². The number of aryl methyl sites for hydroxylation is 1. The summed E-state index contributed by atoms with van der Waals surface area (Å²) in [7, 11) is 0. The van der Waals surface area contributed by atoms with Crippen LogP contribution < -0.4 is 4.90 Å². The van der Waals surface area contributed by atoms with Crippen LogP contribution in [0.5, 0.6) is 0 Å². The summed E-state index contributed by atoms with van der Waals surface area (Å²) in [5, 5.41) is 35.8. The van der Waals surface area contributed by atoms with Gasteiger partial charge in [-0.1, -0.05) is 32.6 Å². The Morgan fingerprint density at radius 2 is 1.80 bits per heavy atom. The molecule has 4 bridgehead atoms. The van der Waals surface area contributed by atoms with Crippen molar-refractivity contribution in [3.63, 3.8) is 0 Å². The fourth-order valence-corrected chi connectivity index (χ4v) is 10.5. The number of rotatable bonds is 10. The number of aliphatic hydroxyl groups excluding tert-OH is 2. The highest BCUT2D eigenvalue weighted by Gasteiger charge is 2.87. The first-order chi connectivity index (χ1) is 20.9. The van der Waals surface area contributed by atoms with Gasteiger partial charge in [0.05, 0.1) is 12.7 Å². The van der Waals surface area contributed by atoms with Crippen molar-refractivity contribution >= 4 is 40.6 Å². The minimum Gasteiger partial charge on any atom is -0.460 e. The van der Waals surface area contributed by atoms with E-state index in [1.54, 1.807) is 0 Å². The number of halogens is 2. The highest BCUT2D eigenvalue weighted by molar-refractivity contribution is 6.18. The Bertz CT molecular complexity index is 1300. The van der Waals surface area contributed by atoms with Crippen LogP contribution >= 0.6 is 23.2 Å². The molecule has 2 heterocycles. The van der Waals surface area contributed by atoms with E-state index in [4.69, 9.17) is 32.7 Å². The number of Topliss-reactive ketones (excluding diaryl/α,β-unsaturated/α-hetero) is 1. The number of hydrogen-bond acceptors (Lipinski definition) is 8. The van der Waals surface area contributed by atoms with Gasteiger partial charge in [-0.05, 0) is 73.1 Å². The van der Waals surface area contributed by atoms with E-state index < -0.39 is 69.9 Å². The van der Waals surface area contributed by atoms with Crippen LogP contribution in [0, 0.1) is 34.0 Å². The Labute approximate surface area is 269 Å². The quantitative estimate of drug-likeness (QED) is 0.196. The van der Waals surface area contributed by atoms with Crippen molar-refractivity contribution in [3.05, 3.63) is 42.0 Å². The first-order valence-corrected chi connectivity index (χ1v) is 17.1. The minimum absolute atomic E-state index is 0.0433. The molecule has 242 valence electrons. The fourth-order valence-electron chi connectivity index (χ4n) is 10.1. The number of aliphatic hydroxyl groups is 3. The Morgan fingerprint density at radius 3 is 2.45 bits per heavy atom. The first kappa shape index (κ1) is 32.3. The molecule has 5 unspecified atom stereocenters. The van der Waals surface area contributed by atoms with E-state index >= 15 is 0 Å². The molecule has 8 nitrogen and oxygen atoms in total. The number of hydrogen-bond donors (Lipinski definition) is 3. The lowest BCUT2D eigenvalue weighted by atomic mass is 9.35. The van der Waals surface area contributed by atoms with Gasteiger partial charge in [0, 0.05) is 54.2 Å². The molecule has 9 atom stereocenters. The molecular weight excluding hydrogens is 605 g/mol. The molecule has 3 N–H and O–H groups in total. The number of carbonyl (C=O) groups is 2. The third-order valence-corrected chi connectivity index (χ3v) is 12.3. The summed E-state index contributed by atoms with van der Waals surface area (Å²) in [6.45, 7) is 9.63. The lowest BCUT2D eigenvalue weighted by Gasteiger charge is -2.74. The van der Waals surface area contributed by atoms with Crippen LogP contribution in [0.15, 0.2) is 36.4 Å². The van der Waals surface area contributed by atoms with Crippen LogP contribution in [-0.4, -0.2) is 82.6 Å². The van der Waals surface area contributed by atoms with Crippen molar-refractivity contribution in [2.45, 2.75) is 82.9 Å². The molecule has 6 fully saturated rings. The Balaban J connectivity index is 1.21. The Morgan fingerprint density at radius 1 is 1.11 bits per heavy atom. The molecule has 10 heteroatoms. The van der Waals surface area contributed by atoms with Crippen molar-refractivity contribution in [2.75, 3.05) is 36.4 Å². The topological polar surface area (TPSA) is 117 Å². The first-order valence-electron chi connectivity index (χ1n) is 16.0. The molecule has 0 radical (unpaired) electrons. The molecule has 0 amide bonds. The largest absolute Gasteiger partial charge is 0.460 e. The molecular formula is C34H45Cl2NO7. The summed E-state index contributed by atoms with van der Waals surface area (Å²) in [4.78, 5) is 29.8. The highest BCUT2D eigenvalue weighted by atomic mass is 35.5. The minimum atomic E-state index is -2.25. The zero-order chi connectivity index (χ0) is 31.7. The maximum atomic E-state index is 14.2. The van der Waals surface area contributed by atoms with Gasteiger partial charge in [-0.3, -0.25) is 9.59 Å². The predicted molar refractivity (Wildman–Crippen MR) is 168 cm³/mol. The number of benzene rings is 1. The van der Waals surface area contributed by atoms with E-state index in [-0.39, 0.29) is 13.0 Å². The second kappa shape index (κ2) is 11.5. The number of alkyl halides is 2. The molecule has 44 heavy (non-hydrogen) atoms. The van der Waals surface area contributed by atoms with Crippen molar-refractivity contribution < 1.29 is 34.4 Å². The number of fused-ring (bicyclic) bond motifs is 2. The number of ketones is 1. The summed E-state index contributed by atoms with van der Waals surface area (Å²) >= 11 is 11.9. The smallest absolute Gasteiger partial charge is 0.306 e. The standard InChI is InChI=1S/C34H45Cl2NO7/c1-20-23-11-12-24-32-19-43-34(42,29(41)27(32)31(2,3)14-13-25(32)38)33(24,28(20)40)30(23)44-26(39)6-4-5-21-7-9-22(10-8-21)37(17-15-35)18-16-36/h7-10,23-25,27,29-30,38,41-42H,1,4-6,11-19H2,2-3H3/t23?,24?,25-,27+,29-,30+,32?,33?,34?/m0/s1. The van der Waals surface area contributed by atoms with E-state index in [1.807, 2.05) is 38.1 Å². The average Bonchev–Trinajstić information content (AvgIpc) is 3.10. The molecule has 0 aromatic heterocycles. The highest BCUT2D eigenvalue weighted by Crippen LogP contribution is 2.76.